The van der Waals surface area contributed by atoms with E-state index in [1.807, 2.05) is 5.51 Å². The van der Waals surface area contributed by atoms with Crippen LogP contribution in [0.4, 0.5) is 0 Å². The molecule has 0 bridgehead atoms. The maximum atomic E-state index is 5.76. The summed E-state index contributed by atoms with van der Waals surface area (Å²) in [5, 5.41) is 2.10. The number of nitrogens with zero attached hydrogens (tertiary/aromatic N) is 2. The number of aromatic nitrogens is 1. The molecule has 1 heterocycles. The number of thiazole rings is 1. The summed E-state index contributed by atoms with van der Waals surface area (Å²) < 4.78 is 0. The van der Waals surface area contributed by atoms with Crippen LogP contribution in [0.3, 0.4) is 0 Å². The third-order valence-electron chi connectivity index (χ3n) is 2.71. The SMILES string of the molecule is CC(C)C(CN)CN(C)Cc1cscn1. The maximum Gasteiger partial charge on any atom is 0.0795 e. The molecule has 86 valence electrons. The molecule has 2 N–H and O–H groups in total. The summed E-state index contributed by atoms with van der Waals surface area (Å²) in [7, 11) is 2.13. The van der Waals surface area contributed by atoms with E-state index in [1.54, 1.807) is 11.3 Å². The molecular weight excluding hydrogens is 206 g/mol. The van der Waals surface area contributed by atoms with Crippen molar-refractivity contribution in [3.8, 4) is 0 Å². The van der Waals surface area contributed by atoms with Crippen molar-refractivity contribution in [3.63, 3.8) is 0 Å². The molecule has 1 aromatic rings. The van der Waals surface area contributed by atoms with Gasteiger partial charge in [0.05, 0.1) is 11.2 Å². The molecule has 0 saturated heterocycles. The van der Waals surface area contributed by atoms with E-state index in [-0.39, 0.29) is 0 Å². The minimum absolute atomic E-state index is 0.577. The number of hydrogen-bond acceptors (Lipinski definition) is 4. The van der Waals surface area contributed by atoms with Crippen molar-refractivity contribution in [1.82, 2.24) is 9.88 Å². The fraction of sp³-hybridized carbons (Fsp3) is 0.727. The molecule has 0 saturated carbocycles. The van der Waals surface area contributed by atoms with Crippen molar-refractivity contribution in [1.29, 1.82) is 0 Å². The van der Waals surface area contributed by atoms with E-state index in [0.717, 1.165) is 25.3 Å². The van der Waals surface area contributed by atoms with Gasteiger partial charge in [-0.25, -0.2) is 4.98 Å². The van der Waals surface area contributed by atoms with E-state index in [2.05, 4.69) is 36.2 Å². The van der Waals surface area contributed by atoms with Crippen molar-refractivity contribution in [3.05, 3.63) is 16.6 Å². The number of hydrogen-bond donors (Lipinski definition) is 1. The van der Waals surface area contributed by atoms with Crippen LogP contribution in [-0.2, 0) is 6.54 Å². The minimum atomic E-state index is 0.577. The molecule has 1 aromatic heterocycles. The summed E-state index contributed by atoms with van der Waals surface area (Å²) in [6.07, 6.45) is 0. The Morgan fingerprint density at radius 2 is 2.27 bits per heavy atom. The van der Waals surface area contributed by atoms with Crippen molar-refractivity contribution >= 4 is 11.3 Å². The molecule has 1 atom stereocenters. The molecule has 0 spiro atoms. The molecule has 3 nitrogen and oxygen atoms in total. The standard InChI is InChI=1S/C11H21N3S/c1-9(2)10(4-12)5-14(3)6-11-7-15-8-13-11/h7-10H,4-6,12H2,1-3H3. The predicted octanol–water partition coefficient (Wildman–Crippen LogP) is 1.81. The zero-order valence-electron chi connectivity index (χ0n) is 9.81. The zero-order chi connectivity index (χ0) is 11.3. The maximum absolute atomic E-state index is 5.76. The van der Waals surface area contributed by atoms with E-state index < -0.39 is 0 Å². The molecule has 0 amide bonds. The number of nitrogens with two attached hydrogens (primary N) is 1. The molecule has 0 aromatic carbocycles. The molecule has 0 radical (unpaired) electrons. The fourth-order valence-electron chi connectivity index (χ4n) is 1.61. The van der Waals surface area contributed by atoms with Crippen LogP contribution in [0.5, 0.6) is 0 Å². The first-order valence-electron chi connectivity index (χ1n) is 5.39. The zero-order valence-corrected chi connectivity index (χ0v) is 10.6. The average Bonchev–Trinajstić information content (AvgIpc) is 2.66. The van der Waals surface area contributed by atoms with Crippen LogP contribution < -0.4 is 5.73 Å². The van der Waals surface area contributed by atoms with E-state index in [4.69, 9.17) is 5.73 Å². The molecule has 0 aliphatic heterocycles. The third kappa shape index (κ3) is 4.28. The Bertz CT molecular complexity index is 259. The molecular formula is C11H21N3S. The van der Waals surface area contributed by atoms with Crippen LogP contribution in [0.2, 0.25) is 0 Å². The third-order valence-corrected chi connectivity index (χ3v) is 3.34. The Morgan fingerprint density at radius 1 is 1.53 bits per heavy atom. The highest BCUT2D eigenvalue weighted by Gasteiger charge is 2.14. The summed E-state index contributed by atoms with van der Waals surface area (Å²) in [6.45, 7) is 7.19. The van der Waals surface area contributed by atoms with Gasteiger partial charge >= 0.3 is 0 Å². The Kier molecular flexibility index (Phi) is 5.22. The normalized spacial score (nSPS) is 13.7. The van der Waals surface area contributed by atoms with Gasteiger partial charge in [0.1, 0.15) is 0 Å². The van der Waals surface area contributed by atoms with Crippen LogP contribution in [0.25, 0.3) is 0 Å². The molecule has 0 fully saturated rings. The fourth-order valence-corrected chi connectivity index (χ4v) is 2.16. The van der Waals surface area contributed by atoms with Crippen LogP contribution >= 0.6 is 11.3 Å². The second kappa shape index (κ2) is 6.20. The molecule has 0 aliphatic rings. The second-order valence-corrected chi connectivity index (χ2v) is 5.14. The lowest BCUT2D eigenvalue weighted by molar-refractivity contribution is 0.233. The Hall–Kier alpha value is -0.450. The summed E-state index contributed by atoms with van der Waals surface area (Å²) in [6, 6.07) is 0. The van der Waals surface area contributed by atoms with Gasteiger partial charge in [-0.1, -0.05) is 13.8 Å². The van der Waals surface area contributed by atoms with E-state index in [0.29, 0.717) is 11.8 Å². The molecule has 1 unspecified atom stereocenters. The van der Waals surface area contributed by atoms with Gasteiger partial charge in [0.15, 0.2) is 0 Å². The van der Waals surface area contributed by atoms with Crippen molar-refractivity contribution in [2.45, 2.75) is 20.4 Å². The first kappa shape index (κ1) is 12.6. The Balaban J connectivity index is 2.37. The van der Waals surface area contributed by atoms with E-state index in [1.165, 1.54) is 0 Å². The van der Waals surface area contributed by atoms with E-state index >= 15 is 0 Å². The largest absolute Gasteiger partial charge is 0.330 e. The first-order chi connectivity index (χ1) is 7.13. The first-order valence-corrected chi connectivity index (χ1v) is 6.33. The van der Waals surface area contributed by atoms with Gasteiger partial charge < -0.3 is 10.6 Å². The van der Waals surface area contributed by atoms with Gasteiger partial charge in [0.25, 0.3) is 0 Å². The molecule has 1 rings (SSSR count). The van der Waals surface area contributed by atoms with Gasteiger partial charge in [-0.3, -0.25) is 0 Å². The smallest absolute Gasteiger partial charge is 0.0795 e. The van der Waals surface area contributed by atoms with Crippen LogP contribution in [0.15, 0.2) is 10.9 Å². The summed E-state index contributed by atoms with van der Waals surface area (Å²) in [5.41, 5.74) is 8.79. The summed E-state index contributed by atoms with van der Waals surface area (Å²) in [4.78, 5) is 6.58. The molecule has 0 aliphatic carbocycles. The Morgan fingerprint density at radius 3 is 2.73 bits per heavy atom. The highest BCUT2D eigenvalue weighted by atomic mass is 32.1. The Labute approximate surface area is 96.3 Å². The van der Waals surface area contributed by atoms with Crippen LogP contribution in [-0.4, -0.2) is 30.0 Å². The quantitative estimate of drug-likeness (QED) is 0.806. The van der Waals surface area contributed by atoms with Crippen molar-refractivity contribution < 1.29 is 0 Å². The minimum Gasteiger partial charge on any atom is -0.330 e. The summed E-state index contributed by atoms with van der Waals surface area (Å²) >= 11 is 1.65. The van der Waals surface area contributed by atoms with Gasteiger partial charge in [-0.2, -0.15) is 0 Å². The van der Waals surface area contributed by atoms with Gasteiger partial charge in [0, 0.05) is 18.5 Å². The predicted molar refractivity (Wildman–Crippen MR) is 65.8 cm³/mol. The lowest BCUT2D eigenvalue weighted by atomic mass is 9.95. The monoisotopic (exact) mass is 227 g/mol. The van der Waals surface area contributed by atoms with Gasteiger partial charge in [-0.15, -0.1) is 11.3 Å². The topological polar surface area (TPSA) is 42.1 Å². The lowest BCUT2D eigenvalue weighted by Crippen LogP contribution is -2.32. The average molecular weight is 227 g/mol. The molecule has 4 heteroatoms. The van der Waals surface area contributed by atoms with E-state index in [9.17, 15) is 0 Å². The van der Waals surface area contributed by atoms with Gasteiger partial charge in [-0.05, 0) is 25.4 Å². The second-order valence-electron chi connectivity index (χ2n) is 4.42. The van der Waals surface area contributed by atoms with Gasteiger partial charge in [0.2, 0.25) is 0 Å². The van der Waals surface area contributed by atoms with Crippen molar-refractivity contribution in [2.75, 3.05) is 20.1 Å². The number of rotatable bonds is 6. The highest BCUT2D eigenvalue weighted by Crippen LogP contribution is 2.12. The molecule has 15 heavy (non-hydrogen) atoms. The van der Waals surface area contributed by atoms with Crippen LogP contribution in [0.1, 0.15) is 19.5 Å². The lowest BCUT2D eigenvalue weighted by Gasteiger charge is -2.25. The van der Waals surface area contributed by atoms with Crippen LogP contribution in [0, 0.1) is 11.8 Å². The van der Waals surface area contributed by atoms with Crippen molar-refractivity contribution in [2.24, 2.45) is 17.6 Å². The summed E-state index contributed by atoms with van der Waals surface area (Å²) in [5.74, 6) is 1.22. The highest BCUT2D eigenvalue weighted by molar-refractivity contribution is 7.07.